The van der Waals surface area contributed by atoms with Gasteiger partial charge in [-0.25, -0.2) is 0 Å². The van der Waals surface area contributed by atoms with Gasteiger partial charge >= 0.3 is 0 Å². The lowest BCUT2D eigenvalue weighted by Gasteiger charge is -2.17. The van der Waals surface area contributed by atoms with E-state index in [2.05, 4.69) is 121 Å². The summed E-state index contributed by atoms with van der Waals surface area (Å²) in [7, 11) is 0. The van der Waals surface area contributed by atoms with Gasteiger partial charge in [-0.15, -0.1) is 0 Å². The summed E-state index contributed by atoms with van der Waals surface area (Å²) in [6.07, 6.45) is 7.91. The fraction of sp³-hybridized carbons (Fsp3) is 0.0652. The molecule has 0 aromatic heterocycles. The Morgan fingerprint density at radius 2 is 1.16 bits per heavy atom. The maximum atomic E-state index is 9.98. The van der Waals surface area contributed by atoms with E-state index in [1.54, 1.807) is 0 Å². The lowest BCUT2D eigenvalue weighted by molar-refractivity contribution is 0.670. The average molecular weight is 626 g/mol. The molecule has 0 saturated carbocycles. The molecule has 0 bridgehead atoms. The molecule has 0 radical (unpaired) electrons. The van der Waals surface area contributed by atoms with E-state index in [0.29, 0.717) is 11.1 Å². The standard InChI is InChI=1S/C46H31N3/c47-29-31-10-8-14-36(24-31)46-23-21-34(13-9-19-45(49-46)38-26-32(30-48)25-37(27-38)33-11-2-1-3-12-33)35-20-22-43-41-17-5-4-15-39(41)40-16-6-7-18-42(40)44(43)28-35/h1-20,22,24-28,46H,21,23H2/b19-9+,34-13-,49-45?. The Morgan fingerprint density at radius 1 is 0.510 bits per heavy atom. The van der Waals surface area contributed by atoms with E-state index in [-0.39, 0.29) is 6.04 Å². The monoisotopic (exact) mass is 625 g/mol. The van der Waals surface area contributed by atoms with Crippen LogP contribution in [0, 0.1) is 22.7 Å². The lowest BCUT2D eigenvalue weighted by Crippen LogP contribution is -2.04. The fourth-order valence-corrected chi connectivity index (χ4v) is 7.12. The largest absolute Gasteiger partial charge is 0.277 e. The van der Waals surface area contributed by atoms with E-state index in [1.807, 2.05) is 48.5 Å². The highest BCUT2D eigenvalue weighted by molar-refractivity contribution is 6.25. The first-order valence-electron chi connectivity index (χ1n) is 16.6. The van der Waals surface area contributed by atoms with E-state index in [1.165, 1.54) is 43.5 Å². The predicted octanol–water partition coefficient (Wildman–Crippen LogP) is 11.5. The van der Waals surface area contributed by atoms with Gasteiger partial charge in [-0.05, 0) is 115 Å². The summed E-state index contributed by atoms with van der Waals surface area (Å²) in [6, 6.07) is 52.5. The van der Waals surface area contributed by atoms with Gasteiger partial charge in [0.25, 0.3) is 0 Å². The third kappa shape index (κ3) is 5.80. The molecule has 0 aliphatic carbocycles. The molecule has 1 aliphatic rings. The molecule has 8 rings (SSSR count). The minimum atomic E-state index is -0.189. The molecule has 0 fully saturated rings. The number of benzene rings is 7. The van der Waals surface area contributed by atoms with Crippen molar-refractivity contribution >= 4 is 43.6 Å². The third-order valence-electron chi connectivity index (χ3n) is 9.51. The number of nitriles is 2. The Morgan fingerprint density at radius 3 is 1.88 bits per heavy atom. The molecular formula is C46H31N3. The third-order valence-corrected chi connectivity index (χ3v) is 9.51. The van der Waals surface area contributed by atoms with E-state index >= 15 is 0 Å². The second-order valence-corrected chi connectivity index (χ2v) is 12.5. The number of hydrogen-bond acceptors (Lipinski definition) is 3. The van der Waals surface area contributed by atoms with Crippen LogP contribution in [0.3, 0.4) is 0 Å². The number of nitrogens with zero attached hydrogens (tertiary/aromatic N) is 3. The topological polar surface area (TPSA) is 59.9 Å². The number of hydrogen-bond donors (Lipinski definition) is 0. The Kier molecular flexibility index (Phi) is 7.86. The van der Waals surface area contributed by atoms with E-state index < -0.39 is 0 Å². The van der Waals surface area contributed by atoms with Crippen LogP contribution in [-0.2, 0) is 0 Å². The smallest absolute Gasteiger partial charge is 0.0992 e. The molecule has 0 amide bonds. The van der Waals surface area contributed by atoms with Crippen molar-refractivity contribution in [2.75, 3.05) is 0 Å². The molecular weight excluding hydrogens is 595 g/mol. The van der Waals surface area contributed by atoms with E-state index in [9.17, 15) is 10.5 Å². The minimum Gasteiger partial charge on any atom is -0.277 e. The summed E-state index contributed by atoms with van der Waals surface area (Å²) in [5.41, 5.74) is 8.32. The summed E-state index contributed by atoms with van der Waals surface area (Å²) in [5, 5.41) is 27.2. The molecule has 3 heteroatoms. The SMILES string of the molecule is N#Cc1cc(C2=NC(c3cccc(C#N)c3)CC/C(c3ccc4c5ccccc5c5ccccc5c4c3)=C/C=C/2)cc(-c2ccccc2)c1. The molecule has 0 N–H and O–H groups in total. The van der Waals surface area contributed by atoms with Gasteiger partial charge in [0.1, 0.15) is 0 Å². The van der Waals surface area contributed by atoms with Gasteiger partial charge in [-0.2, -0.15) is 10.5 Å². The zero-order valence-corrected chi connectivity index (χ0v) is 26.8. The number of aliphatic imine (C=N–C) groups is 1. The van der Waals surface area contributed by atoms with Crippen molar-refractivity contribution in [1.29, 1.82) is 10.5 Å². The molecule has 1 unspecified atom stereocenters. The Balaban J connectivity index is 1.27. The van der Waals surface area contributed by atoms with Crippen LogP contribution < -0.4 is 0 Å². The second kappa shape index (κ2) is 12.9. The van der Waals surface area contributed by atoms with Gasteiger partial charge in [0.2, 0.25) is 0 Å². The van der Waals surface area contributed by atoms with E-state index in [4.69, 9.17) is 4.99 Å². The molecule has 7 aromatic carbocycles. The van der Waals surface area contributed by atoms with Gasteiger partial charge < -0.3 is 0 Å². The quantitative estimate of drug-likeness (QED) is 0.183. The Hall–Kier alpha value is -6.55. The number of fused-ring (bicyclic) bond motifs is 6. The first kappa shape index (κ1) is 29.8. The van der Waals surface area contributed by atoms with Crippen LogP contribution in [0.25, 0.3) is 49.0 Å². The van der Waals surface area contributed by atoms with Crippen molar-refractivity contribution in [3.63, 3.8) is 0 Å². The fourth-order valence-electron chi connectivity index (χ4n) is 7.12. The maximum absolute atomic E-state index is 9.98. The summed E-state index contributed by atoms with van der Waals surface area (Å²) in [6.45, 7) is 0. The first-order chi connectivity index (χ1) is 24.2. The maximum Gasteiger partial charge on any atom is 0.0992 e. The van der Waals surface area contributed by atoms with Crippen LogP contribution in [0.5, 0.6) is 0 Å². The highest BCUT2D eigenvalue weighted by atomic mass is 14.8. The summed E-state index contributed by atoms with van der Waals surface area (Å²) >= 11 is 0. The van der Waals surface area contributed by atoms with Gasteiger partial charge in [0.05, 0.1) is 35.0 Å². The zero-order valence-electron chi connectivity index (χ0n) is 26.8. The predicted molar refractivity (Wildman–Crippen MR) is 202 cm³/mol. The average Bonchev–Trinajstić information content (AvgIpc) is 3.29. The van der Waals surface area contributed by atoms with Crippen molar-refractivity contribution in [1.82, 2.24) is 0 Å². The van der Waals surface area contributed by atoms with Crippen LogP contribution in [0.15, 0.2) is 163 Å². The molecule has 0 saturated heterocycles. The first-order valence-corrected chi connectivity index (χ1v) is 16.6. The lowest BCUT2D eigenvalue weighted by atomic mass is 9.90. The van der Waals surface area contributed by atoms with Gasteiger partial charge in [0, 0.05) is 5.56 Å². The van der Waals surface area contributed by atoms with Crippen molar-refractivity contribution in [3.8, 4) is 23.3 Å². The van der Waals surface area contributed by atoms with Crippen molar-refractivity contribution in [2.45, 2.75) is 18.9 Å². The molecule has 0 spiro atoms. The number of rotatable bonds is 4. The van der Waals surface area contributed by atoms with Crippen molar-refractivity contribution in [3.05, 3.63) is 186 Å². The second-order valence-electron chi connectivity index (χ2n) is 12.5. The molecule has 1 heterocycles. The molecule has 3 nitrogen and oxygen atoms in total. The highest BCUT2D eigenvalue weighted by Gasteiger charge is 2.18. The normalized spacial score (nSPS) is 16.4. The molecule has 49 heavy (non-hydrogen) atoms. The summed E-state index contributed by atoms with van der Waals surface area (Å²) in [5.74, 6) is 0. The molecule has 1 atom stereocenters. The van der Waals surface area contributed by atoms with Crippen LogP contribution >= 0.6 is 0 Å². The highest BCUT2D eigenvalue weighted by Crippen LogP contribution is 2.38. The van der Waals surface area contributed by atoms with Crippen LogP contribution in [-0.4, -0.2) is 5.71 Å². The number of allylic oxidation sites excluding steroid dienone is 4. The van der Waals surface area contributed by atoms with Gasteiger partial charge in [-0.3, -0.25) is 4.99 Å². The summed E-state index contributed by atoms with van der Waals surface area (Å²) < 4.78 is 0. The van der Waals surface area contributed by atoms with Crippen LogP contribution in [0.4, 0.5) is 0 Å². The Bertz CT molecular complexity index is 2540. The van der Waals surface area contributed by atoms with Crippen molar-refractivity contribution in [2.24, 2.45) is 4.99 Å². The zero-order chi connectivity index (χ0) is 33.2. The Labute approximate surface area is 286 Å². The molecule has 1 aliphatic heterocycles. The van der Waals surface area contributed by atoms with Gasteiger partial charge in [0.15, 0.2) is 0 Å². The van der Waals surface area contributed by atoms with E-state index in [0.717, 1.165) is 40.8 Å². The molecule has 230 valence electrons. The molecule has 7 aromatic rings. The van der Waals surface area contributed by atoms with Gasteiger partial charge in [-0.1, -0.05) is 115 Å². The summed E-state index contributed by atoms with van der Waals surface area (Å²) in [4.78, 5) is 5.35. The van der Waals surface area contributed by atoms with Crippen LogP contribution in [0.2, 0.25) is 0 Å². The van der Waals surface area contributed by atoms with Crippen molar-refractivity contribution < 1.29 is 0 Å². The van der Waals surface area contributed by atoms with Crippen LogP contribution in [0.1, 0.15) is 46.7 Å². The minimum absolute atomic E-state index is 0.189.